The summed E-state index contributed by atoms with van der Waals surface area (Å²) in [6.07, 6.45) is 0.824. The molecule has 8 heteroatoms. The number of hydrogen-bond acceptors (Lipinski definition) is 5. The van der Waals surface area contributed by atoms with Crippen molar-refractivity contribution in [3.8, 4) is 11.5 Å². The van der Waals surface area contributed by atoms with Gasteiger partial charge in [-0.2, -0.15) is 0 Å². The van der Waals surface area contributed by atoms with Crippen LogP contribution in [0.15, 0.2) is 69.9 Å². The Morgan fingerprint density at radius 2 is 1.83 bits per heavy atom. The Kier molecular flexibility index (Phi) is 6.41. The van der Waals surface area contributed by atoms with Crippen molar-refractivity contribution >= 4 is 34.2 Å². The molecule has 0 bridgehead atoms. The number of carbonyl (C=O) groups excluding carboxylic acids is 1. The fourth-order valence-electron chi connectivity index (χ4n) is 4.45. The van der Waals surface area contributed by atoms with Crippen LogP contribution in [-0.2, 0) is 0 Å². The fraction of sp³-hybridized carbons (Fsp3) is 0.214. The van der Waals surface area contributed by atoms with Crippen molar-refractivity contribution in [2.24, 2.45) is 0 Å². The van der Waals surface area contributed by atoms with E-state index in [4.69, 9.17) is 25.5 Å². The van der Waals surface area contributed by atoms with Gasteiger partial charge in [-0.1, -0.05) is 30.7 Å². The molecule has 1 amide bonds. The number of ether oxygens (including phenoxy) is 2. The van der Waals surface area contributed by atoms with Crippen LogP contribution in [0.3, 0.4) is 0 Å². The van der Waals surface area contributed by atoms with Crippen LogP contribution in [0.2, 0.25) is 5.02 Å². The Bertz CT molecular complexity index is 1530. The molecule has 0 saturated heterocycles. The number of halogens is 2. The minimum Gasteiger partial charge on any atom is -0.490 e. The summed E-state index contributed by atoms with van der Waals surface area (Å²) in [5, 5.41) is 0.493. The molecule has 1 unspecified atom stereocenters. The first-order valence-electron chi connectivity index (χ1n) is 11.7. The highest BCUT2D eigenvalue weighted by Gasteiger charge is 2.44. The van der Waals surface area contributed by atoms with Gasteiger partial charge in [0.2, 0.25) is 5.76 Å². The predicted molar refractivity (Wildman–Crippen MR) is 136 cm³/mol. The number of anilines is 1. The normalized spacial score (nSPS) is 14.8. The molecule has 0 aliphatic carbocycles. The molecule has 1 aliphatic heterocycles. The standard InChI is InChI=1S/C28H23ClFNO5/c1-3-12-35-22-10-8-16(13-23(22)34-4-2)25-24-26(32)20-15-18(30)9-11-21(20)36-27(24)28(33)31(25)19-7-5-6-17(29)14-19/h5-11,13-15,25H,3-4,12H2,1-2H3. The van der Waals surface area contributed by atoms with E-state index in [0.29, 0.717) is 41.0 Å². The lowest BCUT2D eigenvalue weighted by Gasteiger charge is -2.26. The monoisotopic (exact) mass is 507 g/mol. The minimum atomic E-state index is -0.852. The zero-order valence-electron chi connectivity index (χ0n) is 19.7. The SMILES string of the molecule is CCCOc1ccc(C2c3c(oc4ccc(F)cc4c3=O)C(=O)N2c2cccc(Cl)c2)cc1OCC. The molecule has 0 spiro atoms. The highest BCUT2D eigenvalue weighted by molar-refractivity contribution is 6.31. The number of carbonyl (C=O) groups is 1. The second-order valence-corrected chi connectivity index (χ2v) is 8.80. The Morgan fingerprint density at radius 1 is 1.00 bits per heavy atom. The third-order valence-electron chi connectivity index (χ3n) is 5.96. The van der Waals surface area contributed by atoms with Crippen LogP contribution in [0.4, 0.5) is 10.1 Å². The van der Waals surface area contributed by atoms with E-state index in [1.54, 1.807) is 42.5 Å². The van der Waals surface area contributed by atoms with Gasteiger partial charge in [0.1, 0.15) is 11.4 Å². The molecule has 184 valence electrons. The molecule has 1 aliphatic rings. The Labute approximate surface area is 211 Å². The molecule has 5 rings (SSSR count). The first-order chi connectivity index (χ1) is 17.4. The number of nitrogens with zero attached hydrogens (tertiary/aromatic N) is 1. The summed E-state index contributed by atoms with van der Waals surface area (Å²) >= 11 is 6.24. The van der Waals surface area contributed by atoms with Crippen LogP contribution in [0.5, 0.6) is 11.5 Å². The topological polar surface area (TPSA) is 69.0 Å². The zero-order valence-corrected chi connectivity index (χ0v) is 20.5. The quantitative estimate of drug-likeness (QED) is 0.285. The summed E-state index contributed by atoms with van der Waals surface area (Å²) < 4.78 is 31.6. The first kappa shape index (κ1) is 23.9. The van der Waals surface area contributed by atoms with Crippen molar-refractivity contribution in [3.63, 3.8) is 0 Å². The predicted octanol–water partition coefficient (Wildman–Crippen LogP) is 6.52. The average molecular weight is 508 g/mol. The largest absolute Gasteiger partial charge is 0.490 e. The van der Waals surface area contributed by atoms with Gasteiger partial charge in [0.25, 0.3) is 5.91 Å². The van der Waals surface area contributed by atoms with Crippen LogP contribution in [-0.4, -0.2) is 19.1 Å². The van der Waals surface area contributed by atoms with E-state index in [-0.39, 0.29) is 22.3 Å². The van der Waals surface area contributed by atoms with E-state index in [1.165, 1.54) is 17.0 Å². The lowest BCUT2D eigenvalue weighted by atomic mass is 9.97. The molecule has 0 radical (unpaired) electrons. The van der Waals surface area contributed by atoms with Crippen LogP contribution >= 0.6 is 11.6 Å². The number of rotatable bonds is 7. The summed E-state index contributed by atoms with van der Waals surface area (Å²) in [7, 11) is 0. The lowest BCUT2D eigenvalue weighted by molar-refractivity contribution is 0.0971. The number of amides is 1. The van der Waals surface area contributed by atoms with Crippen LogP contribution in [0.25, 0.3) is 11.0 Å². The molecule has 0 N–H and O–H groups in total. The van der Waals surface area contributed by atoms with Crippen molar-refractivity contribution in [1.29, 1.82) is 0 Å². The third-order valence-corrected chi connectivity index (χ3v) is 6.20. The van der Waals surface area contributed by atoms with E-state index in [1.807, 2.05) is 13.8 Å². The van der Waals surface area contributed by atoms with Gasteiger partial charge >= 0.3 is 0 Å². The maximum Gasteiger partial charge on any atom is 0.295 e. The second kappa shape index (κ2) is 9.66. The Balaban J connectivity index is 1.76. The second-order valence-electron chi connectivity index (χ2n) is 8.36. The highest BCUT2D eigenvalue weighted by Crippen LogP contribution is 2.43. The third kappa shape index (κ3) is 4.09. The van der Waals surface area contributed by atoms with Gasteiger partial charge < -0.3 is 13.9 Å². The molecular formula is C28H23ClFNO5. The van der Waals surface area contributed by atoms with E-state index >= 15 is 0 Å². The summed E-state index contributed by atoms with van der Waals surface area (Å²) in [5.74, 6) is -0.0999. The summed E-state index contributed by atoms with van der Waals surface area (Å²) in [6, 6.07) is 14.9. The van der Waals surface area contributed by atoms with Crippen molar-refractivity contribution in [1.82, 2.24) is 0 Å². The molecule has 0 fully saturated rings. The molecular weight excluding hydrogens is 485 g/mol. The average Bonchev–Trinajstić information content (AvgIpc) is 3.16. The van der Waals surface area contributed by atoms with Gasteiger partial charge in [-0.05, 0) is 67.4 Å². The minimum absolute atomic E-state index is 0.0624. The fourth-order valence-corrected chi connectivity index (χ4v) is 4.63. The van der Waals surface area contributed by atoms with Crippen molar-refractivity contribution in [3.05, 3.63) is 98.6 Å². The maximum atomic E-state index is 14.0. The maximum absolute atomic E-state index is 14.0. The van der Waals surface area contributed by atoms with Crippen LogP contribution < -0.4 is 19.8 Å². The summed E-state index contributed by atoms with van der Waals surface area (Å²) in [4.78, 5) is 28.8. The van der Waals surface area contributed by atoms with E-state index in [0.717, 1.165) is 12.5 Å². The zero-order chi connectivity index (χ0) is 25.4. The molecule has 6 nitrogen and oxygen atoms in total. The van der Waals surface area contributed by atoms with Crippen LogP contribution in [0, 0.1) is 5.82 Å². The number of benzene rings is 3. The summed E-state index contributed by atoms with van der Waals surface area (Å²) in [5.41, 5.74) is 0.888. The van der Waals surface area contributed by atoms with Crippen LogP contribution in [0.1, 0.15) is 48.0 Å². The van der Waals surface area contributed by atoms with Crippen molar-refractivity contribution < 1.29 is 23.1 Å². The highest BCUT2D eigenvalue weighted by atomic mass is 35.5. The molecule has 36 heavy (non-hydrogen) atoms. The van der Waals surface area contributed by atoms with E-state index < -0.39 is 23.2 Å². The molecule has 1 atom stereocenters. The molecule has 3 aromatic carbocycles. The number of hydrogen-bond donors (Lipinski definition) is 0. The molecule has 1 aromatic heterocycles. The van der Waals surface area contributed by atoms with E-state index in [2.05, 4.69) is 0 Å². The van der Waals surface area contributed by atoms with Gasteiger partial charge in [-0.25, -0.2) is 4.39 Å². The smallest absolute Gasteiger partial charge is 0.295 e. The van der Waals surface area contributed by atoms with Gasteiger partial charge in [-0.15, -0.1) is 0 Å². The molecule has 4 aromatic rings. The van der Waals surface area contributed by atoms with Crippen molar-refractivity contribution in [2.45, 2.75) is 26.3 Å². The first-order valence-corrected chi connectivity index (χ1v) is 12.1. The Hall–Kier alpha value is -3.84. The molecule has 2 heterocycles. The molecule has 0 saturated carbocycles. The van der Waals surface area contributed by atoms with Gasteiger partial charge in [0.15, 0.2) is 16.9 Å². The summed E-state index contributed by atoms with van der Waals surface area (Å²) in [6.45, 7) is 4.78. The van der Waals surface area contributed by atoms with Crippen molar-refractivity contribution in [2.75, 3.05) is 18.1 Å². The van der Waals surface area contributed by atoms with Gasteiger partial charge in [0.05, 0.1) is 30.2 Å². The van der Waals surface area contributed by atoms with E-state index in [9.17, 15) is 14.0 Å². The number of fused-ring (bicyclic) bond motifs is 2. The van der Waals surface area contributed by atoms with Gasteiger partial charge in [-0.3, -0.25) is 14.5 Å². The van der Waals surface area contributed by atoms with Gasteiger partial charge in [0, 0.05) is 10.7 Å². The Morgan fingerprint density at radius 3 is 2.58 bits per heavy atom. The lowest BCUT2D eigenvalue weighted by Crippen LogP contribution is -2.29.